The molecule has 1 N–H and O–H groups in total. The molecule has 0 saturated heterocycles. The first-order valence-corrected chi connectivity index (χ1v) is 8.56. The van der Waals surface area contributed by atoms with Crippen molar-refractivity contribution in [1.82, 2.24) is 4.98 Å². The largest absolute Gasteiger partial charge is 0.431 e. The average Bonchev–Trinajstić information content (AvgIpc) is 2.86. The molecule has 0 spiro atoms. The summed E-state index contributed by atoms with van der Waals surface area (Å²) in [5, 5.41) is 3.86. The van der Waals surface area contributed by atoms with E-state index in [9.17, 15) is 4.79 Å². The lowest BCUT2D eigenvalue weighted by atomic mass is 10.1. The zero-order valence-electron chi connectivity index (χ0n) is 12.1. The van der Waals surface area contributed by atoms with Crippen molar-refractivity contribution in [2.24, 2.45) is 0 Å². The van der Waals surface area contributed by atoms with Crippen LogP contribution >= 0.6 is 23.4 Å². The van der Waals surface area contributed by atoms with Crippen molar-refractivity contribution in [2.45, 2.75) is 23.3 Å². The zero-order valence-corrected chi connectivity index (χ0v) is 13.7. The molecule has 1 aliphatic heterocycles. The summed E-state index contributed by atoms with van der Waals surface area (Å²) in [6.45, 7) is 0. The Balaban J connectivity index is 1.57. The summed E-state index contributed by atoms with van der Waals surface area (Å²) in [4.78, 5) is 16.8. The molecular formula is C17H13ClN2O2S. The van der Waals surface area contributed by atoms with Crippen LogP contribution in [-0.2, 0) is 11.2 Å². The molecule has 0 unspecified atom stereocenters. The zero-order chi connectivity index (χ0) is 15.8. The van der Waals surface area contributed by atoms with Gasteiger partial charge < -0.3 is 9.73 Å². The van der Waals surface area contributed by atoms with E-state index < -0.39 is 0 Å². The van der Waals surface area contributed by atoms with E-state index in [0.717, 1.165) is 24.1 Å². The number of hydrogen-bond donors (Lipinski definition) is 1. The standard InChI is InChI=1S/C17H13ClN2O2S/c18-11-6-7-14-13(9-11)20-17(22-14)23-15-8-5-10-3-1-2-4-12(10)19-16(15)21/h1-4,6-7,9,15H,5,8H2,(H,19,21)/t15-/m0/s1. The number of rotatable bonds is 2. The molecular weight excluding hydrogens is 332 g/mol. The van der Waals surface area contributed by atoms with Crippen molar-refractivity contribution < 1.29 is 9.21 Å². The number of aryl methyl sites for hydroxylation is 1. The van der Waals surface area contributed by atoms with E-state index in [1.165, 1.54) is 11.8 Å². The minimum Gasteiger partial charge on any atom is -0.431 e. The van der Waals surface area contributed by atoms with Crippen molar-refractivity contribution >= 4 is 46.1 Å². The second-order valence-electron chi connectivity index (χ2n) is 5.38. The third-order valence-electron chi connectivity index (χ3n) is 3.82. The highest BCUT2D eigenvalue weighted by Gasteiger charge is 2.26. The maximum atomic E-state index is 12.4. The molecule has 1 atom stereocenters. The number of thioether (sulfide) groups is 1. The van der Waals surface area contributed by atoms with E-state index in [4.69, 9.17) is 16.0 Å². The number of nitrogens with zero attached hydrogens (tertiary/aromatic N) is 1. The molecule has 0 fully saturated rings. The van der Waals surface area contributed by atoms with Gasteiger partial charge in [0.2, 0.25) is 5.91 Å². The maximum absolute atomic E-state index is 12.4. The van der Waals surface area contributed by atoms with Crippen molar-refractivity contribution in [2.75, 3.05) is 5.32 Å². The first-order valence-electron chi connectivity index (χ1n) is 7.30. The highest BCUT2D eigenvalue weighted by molar-refractivity contribution is 8.00. The third kappa shape index (κ3) is 2.94. The number of nitrogens with one attached hydrogen (secondary N) is 1. The van der Waals surface area contributed by atoms with Crippen LogP contribution in [-0.4, -0.2) is 16.1 Å². The Labute approximate surface area is 142 Å². The van der Waals surface area contributed by atoms with Crippen LogP contribution in [0.4, 0.5) is 5.69 Å². The smallest absolute Gasteiger partial charge is 0.257 e. The Morgan fingerprint density at radius 3 is 3.04 bits per heavy atom. The van der Waals surface area contributed by atoms with Gasteiger partial charge in [-0.25, -0.2) is 4.98 Å². The first-order chi connectivity index (χ1) is 11.2. The van der Waals surface area contributed by atoms with Gasteiger partial charge in [-0.1, -0.05) is 41.6 Å². The number of aromatic nitrogens is 1. The SMILES string of the molecule is O=C1Nc2ccccc2CC[C@@H]1Sc1nc2cc(Cl)ccc2o1. The van der Waals surface area contributed by atoms with Crippen LogP contribution < -0.4 is 5.32 Å². The number of anilines is 1. The topological polar surface area (TPSA) is 55.1 Å². The van der Waals surface area contributed by atoms with Crippen LogP contribution in [0, 0.1) is 0 Å². The van der Waals surface area contributed by atoms with Crippen LogP contribution in [0.15, 0.2) is 52.1 Å². The van der Waals surface area contributed by atoms with Crippen LogP contribution in [0.1, 0.15) is 12.0 Å². The Morgan fingerprint density at radius 1 is 1.26 bits per heavy atom. The monoisotopic (exact) mass is 344 g/mol. The molecule has 0 aliphatic carbocycles. The number of carbonyl (C=O) groups is 1. The number of halogens is 1. The first kappa shape index (κ1) is 14.6. The highest BCUT2D eigenvalue weighted by atomic mass is 35.5. The Hall–Kier alpha value is -1.98. The number of benzene rings is 2. The van der Waals surface area contributed by atoms with E-state index >= 15 is 0 Å². The summed E-state index contributed by atoms with van der Waals surface area (Å²) in [5.74, 6) is -0.0137. The van der Waals surface area contributed by atoms with Crippen molar-refractivity contribution in [3.05, 3.63) is 53.1 Å². The van der Waals surface area contributed by atoms with Gasteiger partial charge in [0.15, 0.2) is 5.58 Å². The highest BCUT2D eigenvalue weighted by Crippen LogP contribution is 2.33. The average molecular weight is 345 g/mol. The number of carbonyl (C=O) groups excluding carboxylic acids is 1. The van der Waals surface area contributed by atoms with Crippen molar-refractivity contribution in [1.29, 1.82) is 0 Å². The lowest BCUT2D eigenvalue weighted by Crippen LogP contribution is -2.23. The predicted molar refractivity (Wildman–Crippen MR) is 92.1 cm³/mol. The molecule has 2 heterocycles. The number of para-hydroxylation sites is 1. The van der Waals surface area contributed by atoms with E-state index in [0.29, 0.717) is 21.3 Å². The molecule has 3 aromatic rings. The summed E-state index contributed by atoms with van der Waals surface area (Å²) in [7, 11) is 0. The lowest BCUT2D eigenvalue weighted by Gasteiger charge is -2.09. The number of hydrogen-bond acceptors (Lipinski definition) is 4. The third-order valence-corrected chi connectivity index (χ3v) is 5.16. The Bertz CT molecular complexity index is 893. The van der Waals surface area contributed by atoms with E-state index in [1.807, 2.05) is 24.3 Å². The maximum Gasteiger partial charge on any atom is 0.257 e. The molecule has 1 amide bonds. The van der Waals surface area contributed by atoms with E-state index in [-0.39, 0.29) is 11.2 Å². The molecule has 0 saturated carbocycles. The molecule has 6 heteroatoms. The fraction of sp³-hybridized carbons (Fsp3) is 0.176. The summed E-state index contributed by atoms with van der Waals surface area (Å²) >= 11 is 7.32. The molecule has 2 aromatic carbocycles. The Kier molecular flexibility index (Phi) is 3.75. The van der Waals surface area contributed by atoms with Gasteiger partial charge in [-0.3, -0.25) is 4.79 Å². The number of fused-ring (bicyclic) bond motifs is 2. The second kappa shape index (κ2) is 5.91. The van der Waals surface area contributed by atoms with Gasteiger partial charge in [-0.05, 0) is 42.7 Å². The molecule has 4 rings (SSSR count). The molecule has 0 bridgehead atoms. The summed E-state index contributed by atoms with van der Waals surface area (Å²) in [5.41, 5.74) is 3.43. The molecule has 116 valence electrons. The van der Waals surface area contributed by atoms with Crippen LogP contribution in [0.2, 0.25) is 5.02 Å². The van der Waals surface area contributed by atoms with Crippen LogP contribution in [0.25, 0.3) is 11.1 Å². The van der Waals surface area contributed by atoms with Crippen molar-refractivity contribution in [3.63, 3.8) is 0 Å². The fourth-order valence-corrected chi connectivity index (χ4v) is 3.76. The Morgan fingerprint density at radius 2 is 2.13 bits per heavy atom. The minimum atomic E-state index is -0.231. The quantitative estimate of drug-likeness (QED) is 0.742. The second-order valence-corrected chi connectivity index (χ2v) is 6.97. The van der Waals surface area contributed by atoms with Gasteiger partial charge in [0.05, 0.1) is 5.25 Å². The molecule has 0 radical (unpaired) electrons. The van der Waals surface area contributed by atoms with Crippen LogP contribution in [0.3, 0.4) is 0 Å². The normalized spacial score (nSPS) is 17.6. The van der Waals surface area contributed by atoms with Crippen molar-refractivity contribution in [3.8, 4) is 0 Å². The number of oxazole rings is 1. The van der Waals surface area contributed by atoms with Gasteiger partial charge in [0.25, 0.3) is 5.22 Å². The predicted octanol–water partition coefficient (Wildman–Crippen LogP) is 4.53. The molecule has 4 nitrogen and oxygen atoms in total. The molecule has 23 heavy (non-hydrogen) atoms. The number of amides is 1. The molecule has 1 aliphatic rings. The minimum absolute atomic E-state index is 0.0137. The van der Waals surface area contributed by atoms with Gasteiger partial charge in [0.1, 0.15) is 5.52 Å². The fourth-order valence-electron chi connectivity index (χ4n) is 2.66. The lowest BCUT2D eigenvalue weighted by molar-refractivity contribution is -0.115. The van der Waals surface area contributed by atoms with Crippen LogP contribution in [0.5, 0.6) is 0 Å². The summed E-state index contributed by atoms with van der Waals surface area (Å²) in [6, 6.07) is 13.2. The van der Waals surface area contributed by atoms with Gasteiger partial charge in [-0.15, -0.1) is 0 Å². The van der Waals surface area contributed by atoms with Gasteiger partial charge in [0, 0.05) is 10.7 Å². The van der Waals surface area contributed by atoms with Gasteiger partial charge in [-0.2, -0.15) is 0 Å². The summed E-state index contributed by atoms with van der Waals surface area (Å²) < 4.78 is 5.71. The van der Waals surface area contributed by atoms with E-state index in [2.05, 4.69) is 10.3 Å². The molecule has 1 aromatic heterocycles. The van der Waals surface area contributed by atoms with E-state index in [1.54, 1.807) is 18.2 Å². The van der Waals surface area contributed by atoms with Gasteiger partial charge >= 0.3 is 0 Å². The summed E-state index contributed by atoms with van der Waals surface area (Å²) in [6.07, 6.45) is 1.59.